The van der Waals surface area contributed by atoms with Gasteiger partial charge in [-0.25, -0.2) is 4.79 Å². The van der Waals surface area contributed by atoms with Crippen LogP contribution in [0.25, 0.3) is 0 Å². The van der Waals surface area contributed by atoms with Crippen LogP contribution in [0.2, 0.25) is 0 Å². The van der Waals surface area contributed by atoms with Crippen LogP contribution in [0.15, 0.2) is 18.2 Å². The second-order valence-electron chi connectivity index (χ2n) is 6.93. The molecule has 0 bridgehead atoms. The van der Waals surface area contributed by atoms with Crippen molar-refractivity contribution in [2.45, 2.75) is 32.8 Å². The molecule has 22 heavy (non-hydrogen) atoms. The maximum absolute atomic E-state index is 12.3. The van der Waals surface area contributed by atoms with Crippen LogP contribution in [-0.4, -0.2) is 44.4 Å². The molecule has 0 atom stereocenters. The Balaban J connectivity index is 1.76. The van der Waals surface area contributed by atoms with E-state index in [2.05, 4.69) is 28.4 Å². The molecule has 0 aromatic heterocycles. The summed E-state index contributed by atoms with van der Waals surface area (Å²) < 4.78 is 5.49. The van der Waals surface area contributed by atoms with Crippen molar-refractivity contribution in [1.82, 2.24) is 5.32 Å². The number of hydrogen-bond donors (Lipinski definition) is 1. The van der Waals surface area contributed by atoms with Crippen LogP contribution < -0.4 is 15.1 Å². The Morgan fingerprint density at radius 2 is 1.91 bits per heavy atom. The average molecular weight is 303 g/mol. The molecule has 0 saturated carbocycles. The summed E-state index contributed by atoms with van der Waals surface area (Å²) >= 11 is 0. The molecule has 3 rings (SSSR count). The molecule has 5 heteroatoms. The second kappa shape index (κ2) is 5.80. The molecule has 120 valence electrons. The van der Waals surface area contributed by atoms with Crippen molar-refractivity contribution in [3.8, 4) is 0 Å². The zero-order valence-electron chi connectivity index (χ0n) is 13.7. The van der Waals surface area contributed by atoms with E-state index in [0.29, 0.717) is 6.54 Å². The Morgan fingerprint density at radius 3 is 2.59 bits per heavy atom. The van der Waals surface area contributed by atoms with Gasteiger partial charge in [-0.05, 0) is 51.0 Å². The Hall–Kier alpha value is -1.75. The highest BCUT2D eigenvalue weighted by Crippen LogP contribution is 2.32. The maximum Gasteiger partial charge on any atom is 0.414 e. The van der Waals surface area contributed by atoms with Gasteiger partial charge in [0.1, 0.15) is 5.60 Å². The van der Waals surface area contributed by atoms with E-state index >= 15 is 0 Å². The number of anilines is 2. The number of hydrogen-bond acceptors (Lipinski definition) is 4. The maximum atomic E-state index is 12.3. The molecule has 1 amide bonds. The first kappa shape index (κ1) is 15.2. The topological polar surface area (TPSA) is 44.8 Å². The minimum absolute atomic E-state index is 0.249. The molecule has 0 spiro atoms. The van der Waals surface area contributed by atoms with Crippen molar-refractivity contribution in [3.63, 3.8) is 0 Å². The van der Waals surface area contributed by atoms with Crippen LogP contribution in [-0.2, 0) is 11.2 Å². The Kier molecular flexibility index (Phi) is 4.00. The number of carbonyl (C=O) groups excluding carboxylic acids is 1. The van der Waals surface area contributed by atoms with E-state index in [1.165, 1.54) is 11.3 Å². The van der Waals surface area contributed by atoms with E-state index in [1.807, 2.05) is 20.8 Å². The number of nitrogens with one attached hydrogen (secondary N) is 1. The molecule has 0 radical (unpaired) electrons. The fourth-order valence-corrected chi connectivity index (χ4v) is 3.01. The zero-order valence-corrected chi connectivity index (χ0v) is 13.7. The predicted octanol–water partition coefficient (Wildman–Crippen LogP) is 2.39. The van der Waals surface area contributed by atoms with Gasteiger partial charge in [-0.3, -0.25) is 4.90 Å². The lowest BCUT2D eigenvalue weighted by Crippen LogP contribution is -2.43. The Bertz CT molecular complexity index is 560. The Morgan fingerprint density at radius 1 is 1.18 bits per heavy atom. The van der Waals surface area contributed by atoms with E-state index in [4.69, 9.17) is 4.74 Å². The number of piperazine rings is 1. The van der Waals surface area contributed by atoms with E-state index in [9.17, 15) is 4.79 Å². The van der Waals surface area contributed by atoms with Gasteiger partial charge in [-0.1, -0.05) is 0 Å². The summed E-state index contributed by atoms with van der Waals surface area (Å²) in [5.41, 5.74) is 3.03. The number of rotatable bonds is 1. The van der Waals surface area contributed by atoms with E-state index in [-0.39, 0.29) is 6.09 Å². The SMILES string of the molecule is CC(C)(C)OC(=O)N1CCc2cc(N3CCNCC3)ccc21. The predicted molar refractivity (Wildman–Crippen MR) is 88.8 cm³/mol. The van der Waals surface area contributed by atoms with Crippen LogP contribution >= 0.6 is 0 Å². The van der Waals surface area contributed by atoms with Gasteiger partial charge in [-0.2, -0.15) is 0 Å². The van der Waals surface area contributed by atoms with E-state index in [1.54, 1.807) is 4.90 Å². The third-order valence-electron chi connectivity index (χ3n) is 4.05. The molecular formula is C17H25N3O2. The molecule has 2 aliphatic heterocycles. The summed E-state index contributed by atoms with van der Waals surface area (Å²) in [5.74, 6) is 0. The van der Waals surface area contributed by atoms with Crippen LogP contribution in [0.1, 0.15) is 26.3 Å². The molecule has 2 aliphatic rings. The standard InChI is InChI=1S/C17H25N3O2/c1-17(2,3)22-16(21)20-9-6-13-12-14(4-5-15(13)20)19-10-7-18-8-11-19/h4-5,12,18H,6-11H2,1-3H3. The number of fused-ring (bicyclic) bond motifs is 1. The van der Waals surface area contributed by atoms with Crippen LogP contribution in [0, 0.1) is 0 Å². The first-order valence-corrected chi connectivity index (χ1v) is 8.03. The normalized spacial score (nSPS) is 18.3. The van der Waals surface area contributed by atoms with Crippen LogP contribution in [0.3, 0.4) is 0 Å². The fraction of sp³-hybridized carbons (Fsp3) is 0.588. The largest absolute Gasteiger partial charge is 0.443 e. The Labute approximate surface area is 132 Å². The van der Waals surface area contributed by atoms with Crippen molar-refractivity contribution in [2.24, 2.45) is 0 Å². The minimum atomic E-state index is -0.458. The number of nitrogens with zero attached hydrogens (tertiary/aromatic N) is 2. The number of ether oxygens (including phenoxy) is 1. The summed E-state index contributed by atoms with van der Waals surface area (Å²) in [6.07, 6.45) is 0.648. The molecule has 5 nitrogen and oxygen atoms in total. The third-order valence-corrected chi connectivity index (χ3v) is 4.05. The summed E-state index contributed by atoms with van der Waals surface area (Å²) in [7, 11) is 0. The molecule has 1 fully saturated rings. The molecule has 1 aromatic carbocycles. The summed E-state index contributed by atoms with van der Waals surface area (Å²) in [6, 6.07) is 6.40. The molecule has 1 N–H and O–H groups in total. The van der Waals surface area contributed by atoms with Crippen molar-refractivity contribution in [2.75, 3.05) is 42.5 Å². The van der Waals surface area contributed by atoms with Gasteiger partial charge in [0.25, 0.3) is 0 Å². The van der Waals surface area contributed by atoms with Gasteiger partial charge in [-0.15, -0.1) is 0 Å². The van der Waals surface area contributed by atoms with Crippen molar-refractivity contribution >= 4 is 17.5 Å². The highest BCUT2D eigenvalue weighted by atomic mass is 16.6. The number of amides is 1. The third kappa shape index (κ3) is 3.19. The van der Waals surface area contributed by atoms with E-state index < -0.39 is 5.60 Å². The van der Waals surface area contributed by atoms with Crippen LogP contribution in [0.4, 0.5) is 16.2 Å². The van der Waals surface area contributed by atoms with Gasteiger partial charge in [0.05, 0.1) is 5.69 Å². The quantitative estimate of drug-likeness (QED) is 0.865. The first-order valence-electron chi connectivity index (χ1n) is 8.03. The number of benzene rings is 1. The van der Waals surface area contributed by atoms with Crippen molar-refractivity contribution in [1.29, 1.82) is 0 Å². The molecule has 1 aromatic rings. The fourth-order valence-electron chi connectivity index (χ4n) is 3.01. The highest BCUT2D eigenvalue weighted by Gasteiger charge is 2.29. The first-order chi connectivity index (χ1) is 10.4. The molecule has 1 saturated heterocycles. The molecule has 0 aliphatic carbocycles. The minimum Gasteiger partial charge on any atom is -0.443 e. The van der Waals surface area contributed by atoms with Gasteiger partial charge >= 0.3 is 6.09 Å². The van der Waals surface area contributed by atoms with Crippen LogP contribution in [0.5, 0.6) is 0 Å². The monoisotopic (exact) mass is 303 g/mol. The molecule has 2 heterocycles. The summed E-state index contributed by atoms with van der Waals surface area (Å²) in [4.78, 5) is 16.4. The number of carbonyl (C=O) groups is 1. The van der Waals surface area contributed by atoms with Crippen molar-refractivity contribution < 1.29 is 9.53 Å². The van der Waals surface area contributed by atoms with Gasteiger partial charge in [0, 0.05) is 38.4 Å². The van der Waals surface area contributed by atoms with Crippen molar-refractivity contribution in [3.05, 3.63) is 23.8 Å². The van der Waals surface area contributed by atoms with E-state index in [0.717, 1.165) is 38.3 Å². The van der Waals surface area contributed by atoms with Gasteiger partial charge in [0.2, 0.25) is 0 Å². The zero-order chi connectivity index (χ0) is 15.7. The smallest absolute Gasteiger partial charge is 0.414 e. The molecular weight excluding hydrogens is 278 g/mol. The summed E-state index contributed by atoms with van der Waals surface area (Å²) in [5, 5.41) is 3.37. The lowest BCUT2D eigenvalue weighted by atomic mass is 10.1. The highest BCUT2D eigenvalue weighted by molar-refractivity contribution is 5.91. The second-order valence-corrected chi connectivity index (χ2v) is 6.93. The average Bonchev–Trinajstić information content (AvgIpc) is 2.89. The lowest BCUT2D eigenvalue weighted by molar-refractivity contribution is 0.0584. The molecule has 0 unspecified atom stereocenters. The van der Waals surface area contributed by atoms with Gasteiger partial charge < -0.3 is 15.0 Å². The summed E-state index contributed by atoms with van der Waals surface area (Å²) in [6.45, 7) is 10.5. The van der Waals surface area contributed by atoms with Gasteiger partial charge in [0.15, 0.2) is 0 Å². The lowest BCUT2D eigenvalue weighted by Gasteiger charge is -2.30.